The molecule has 160 valence electrons. The molecule has 0 spiro atoms. The number of ether oxygens (including phenoxy) is 1. The van der Waals surface area contributed by atoms with Gasteiger partial charge in [-0.1, -0.05) is 12.1 Å². The van der Waals surface area contributed by atoms with E-state index >= 15 is 0 Å². The molecule has 4 aromatic rings. The van der Waals surface area contributed by atoms with Crippen molar-refractivity contribution in [1.82, 2.24) is 15.0 Å². The number of aryl methyl sites for hydroxylation is 1. The quantitative estimate of drug-likeness (QED) is 0.470. The number of pyridine rings is 1. The van der Waals surface area contributed by atoms with E-state index in [2.05, 4.69) is 20.3 Å². The van der Waals surface area contributed by atoms with E-state index in [-0.39, 0.29) is 5.91 Å². The lowest BCUT2D eigenvalue weighted by molar-refractivity contribution is 0.102. The van der Waals surface area contributed by atoms with Crippen LogP contribution in [0.2, 0.25) is 0 Å². The monoisotopic (exact) mass is 425 g/mol. The summed E-state index contributed by atoms with van der Waals surface area (Å²) in [4.78, 5) is 27.5. The summed E-state index contributed by atoms with van der Waals surface area (Å²) in [5, 5.41) is 2.95. The minimum absolute atomic E-state index is 0.220. The van der Waals surface area contributed by atoms with Crippen LogP contribution in [0.15, 0.2) is 79.4 Å². The first kappa shape index (κ1) is 21.0. The van der Waals surface area contributed by atoms with Gasteiger partial charge < -0.3 is 15.0 Å². The van der Waals surface area contributed by atoms with Gasteiger partial charge >= 0.3 is 0 Å². The molecule has 7 heteroatoms. The molecule has 4 rings (SSSR count). The molecule has 0 bridgehead atoms. The summed E-state index contributed by atoms with van der Waals surface area (Å²) in [5.41, 5.74) is 4.54. The molecule has 7 nitrogen and oxygen atoms in total. The van der Waals surface area contributed by atoms with Crippen molar-refractivity contribution < 1.29 is 9.53 Å². The highest BCUT2D eigenvalue weighted by atomic mass is 16.5. The lowest BCUT2D eigenvalue weighted by atomic mass is 10.1. The Morgan fingerprint density at radius 1 is 0.969 bits per heavy atom. The summed E-state index contributed by atoms with van der Waals surface area (Å²) >= 11 is 0. The van der Waals surface area contributed by atoms with Crippen molar-refractivity contribution in [2.75, 3.05) is 24.3 Å². The third kappa shape index (κ3) is 4.73. The maximum absolute atomic E-state index is 12.9. The molecule has 0 radical (unpaired) electrons. The van der Waals surface area contributed by atoms with Gasteiger partial charge in [-0.2, -0.15) is 0 Å². The molecule has 0 aliphatic carbocycles. The van der Waals surface area contributed by atoms with Gasteiger partial charge in [-0.3, -0.25) is 4.79 Å². The second-order valence-electron chi connectivity index (χ2n) is 7.43. The molecule has 0 fully saturated rings. The summed E-state index contributed by atoms with van der Waals surface area (Å²) in [6, 6.07) is 18.5. The Hall–Kier alpha value is -4.26. The molecule has 0 saturated carbocycles. The Balaban J connectivity index is 1.59. The van der Waals surface area contributed by atoms with Crippen LogP contribution in [0.5, 0.6) is 11.6 Å². The second-order valence-corrected chi connectivity index (χ2v) is 7.43. The number of aromatic nitrogens is 3. The number of hydrogen-bond donors (Lipinski definition) is 1. The maximum Gasteiger partial charge on any atom is 0.255 e. The van der Waals surface area contributed by atoms with Crippen LogP contribution >= 0.6 is 0 Å². The minimum atomic E-state index is -0.220. The molecule has 1 amide bonds. The zero-order valence-electron chi connectivity index (χ0n) is 18.1. The van der Waals surface area contributed by atoms with Crippen LogP contribution < -0.4 is 15.0 Å². The molecule has 0 atom stereocenters. The number of nitrogens with one attached hydrogen (secondary N) is 1. The Morgan fingerprint density at radius 3 is 2.62 bits per heavy atom. The van der Waals surface area contributed by atoms with Crippen molar-refractivity contribution >= 4 is 17.3 Å². The van der Waals surface area contributed by atoms with Gasteiger partial charge in [0, 0.05) is 43.4 Å². The highest BCUT2D eigenvalue weighted by Gasteiger charge is 2.14. The standard InChI is InChI=1S/C25H23N5O2/c1-17-9-10-18(24(31)29-19-6-4-7-20(15-19)30(2)3)14-23(17)32-25-21(8-5-12-27-25)22-11-13-26-16-28-22/h4-16H,1-3H3,(H,29,31). The van der Waals surface area contributed by atoms with Crippen LogP contribution in [0.25, 0.3) is 11.3 Å². The van der Waals surface area contributed by atoms with E-state index < -0.39 is 0 Å². The Labute approximate surface area is 186 Å². The summed E-state index contributed by atoms with van der Waals surface area (Å²) in [5.74, 6) is 0.738. The summed E-state index contributed by atoms with van der Waals surface area (Å²) in [6.45, 7) is 1.92. The smallest absolute Gasteiger partial charge is 0.255 e. The van der Waals surface area contributed by atoms with Gasteiger partial charge in [0.15, 0.2) is 0 Å². The molecule has 0 unspecified atom stereocenters. The Morgan fingerprint density at radius 2 is 1.84 bits per heavy atom. The normalized spacial score (nSPS) is 10.5. The van der Waals surface area contributed by atoms with Gasteiger partial charge in [-0.25, -0.2) is 15.0 Å². The highest BCUT2D eigenvalue weighted by Crippen LogP contribution is 2.32. The fourth-order valence-corrected chi connectivity index (χ4v) is 3.14. The van der Waals surface area contributed by atoms with Crippen molar-refractivity contribution in [2.45, 2.75) is 6.92 Å². The molecule has 2 heterocycles. The zero-order chi connectivity index (χ0) is 22.5. The molecule has 0 aliphatic rings. The van der Waals surface area contributed by atoms with Crippen LogP contribution in [0, 0.1) is 6.92 Å². The molecule has 2 aromatic heterocycles. The number of rotatable bonds is 6. The van der Waals surface area contributed by atoms with E-state index in [0.29, 0.717) is 22.9 Å². The predicted molar refractivity (Wildman–Crippen MR) is 125 cm³/mol. The van der Waals surface area contributed by atoms with E-state index in [1.165, 1.54) is 6.33 Å². The fourth-order valence-electron chi connectivity index (χ4n) is 3.14. The maximum atomic E-state index is 12.9. The van der Waals surface area contributed by atoms with E-state index in [1.807, 2.05) is 68.4 Å². The van der Waals surface area contributed by atoms with Crippen LogP contribution in [-0.4, -0.2) is 35.0 Å². The number of carbonyl (C=O) groups excluding carboxylic acids is 1. The minimum Gasteiger partial charge on any atom is -0.438 e. The summed E-state index contributed by atoms with van der Waals surface area (Å²) in [6.07, 6.45) is 4.80. The van der Waals surface area contributed by atoms with Crippen molar-refractivity contribution in [2.24, 2.45) is 0 Å². The number of hydrogen-bond acceptors (Lipinski definition) is 6. The molecule has 32 heavy (non-hydrogen) atoms. The second kappa shape index (κ2) is 9.26. The van der Waals surface area contributed by atoms with E-state index in [0.717, 1.165) is 22.5 Å². The fraction of sp³-hybridized carbons (Fsp3) is 0.120. The van der Waals surface area contributed by atoms with Crippen LogP contribution in [0.4, 0.5) is 11.4 Å². The van der Waals surface area contributed by atoms with E-state index in [1.54, 1.807) is 30.6 Å². The van der Waals surface area contributed by atoms with E-state index in [4.69, 9.17) is 4.74 Å². The van der Waals surface area contributed by atoms with E-state index in [9.17, 15) is 4.79 Å². The zero-order valence-corrected chi connectivity index (χ0v) is 18.1. The topological polar surface area (TPSA) is 80.2 Å². The molecule has 0 aliphatic heterocycles. The number of anilines is 2. The van der Waals surface area contributed by atoms with Crippen molar-refractivity contribution in [3.63, 3.8) is 0 Å². The van der Waals surface area contributed by atoms with Crippen molar-refractivity contribution in [1.29, 1.82) is 0 Å². The SMILES string of the molecule is Cc1ccc(C(=O)Nc2cccc(N(C)C)c2)cc1Oc1ncccc1-c1ccncn1. The Kier molecular flexibility index (Phi) is 6.07. The number of benzene rings is 2. The third-order valence-corrected chi connectivity index (χ3v) is 4.91. The average Bonchev–Trinajstić information content (AvgIpc) is 2.81. The molecular formula is C25H23N5O2. The van der Waals surface area contributed by atoms with Gasteiger partial charge in [0.2, 0.25) is 5.88 Å². The first-order chi connectivity index (χ1) is 15.5. The summed E-state index contributed by atoms with van der Waals surface area (Å²) < 4.78 is 6.13. The van der Waals surface area contributed by atoms with Crippen LogP contribution in [-0.2, 0) is 0 Å². The predicted octanol–water partition coefficient (Wildman–Crippen LogP) is 4.96. The highest BCUT2D eigenvalue weighted by molar-refractivity contribution is 6.04. The van der Waals surface area contributed by atoms with Gasteiger partial charge in [0.25, 0.3) is 5.91 Å². The lowest BCUT2D eigenvalue weighted by Crippen LogP contribution is -2.13. The van der Waals surface area contributed by atoms with Crippen molar-refractivity contribution in [3.8, 4) is 22.9 Å². The van der Waals surface area contributed by atoms with Gasteiger partial charge in [0.1, 0.15) is 12.1 Å². The number of carbonyl (C=O) groups is 1. The first-order valence-corrected chi connectivity index (χ1v) is 10.1. The number of amides is 1. The Bertz CT molecular complexity index is 1240. The number of nitrogens with zero attached hydrogens (tertiary/aromatic N) is 4. The van der Waals surface area contributed by atoms with Gasteiger partial charge in [0.05, 0.1) is 11.3 Å². The molecule has 0 saturated heterocycles. The van der Waals surface area contributed by atoms with Crippen LogP contribution in [0.1, 0.15) is 15.9 Å². The summed E-state index contributed by atoms with van der Waals surface area (Å²) in [7, 11) is 3.91. The lowest BCUT2D eigenvalue weighted by Gasteiger charge is -2.15. The molecule has 2 aromatic carbocycles. The van der Waals surface area contributed by atoms with Crippen LogP contribution in [0.3, 0.4) is 0 Å². The van der Waals surface area contributed by atoms with Crippen molar-refractivity contribution in [3.05, 3.63) is 90.5 Å². The molecular weight excluding hydrogens is 402 g/mol. The largest absolute Gasteiger partial charge is 0.438 e. The first-order valence-electron chi connectivity index (χ1n) is 10.1. The average molecular weight is 425 g/mol. The van der Waals surface area contributed by atoms with Gasteiger partial charge in [-0.15, -0.1) is 0 Å². The van der Waals surface area contributed by atoms with Gasteiger partial charge in [-0.05, 0) is 61.0 Å². The molecule has 1 N–H and O–H groups in total. The third-order valence-electron chi connectivity index (χ3n) is 4.91.